The van der Waals surface area contributed by atoms with Crippen LogP contribution in [0.3, 0.4) is 0 Å². The molecule has 0 bridgehead atoms. The Balaban J connectivity index is 2.71. The molecule has 0 aromatic carbocycles. The number of hydrogen-bond acceptors (Lipinski definition) is 2. The molecule has 2 atom stereocenters. The van der Waals surface area contributed by atoms with Gasteiger partial charge in [-0.3, -0.25) is 4.79 Å². The first-order chi connectivity index (χ1) is 5.43. The zero-order valence-electron chi connectivity index (χ0n) is 5.97. The Bertz CT molecular complexity index is 189. The summed E-state index contributed by atoms with van der Waals surface area (Å²) in [5, 5.41) is 8.37. The van der Waals surface area contributed by atoms with Crippen molar-refractivity contribution in [1.82, 2.24) is 0 Å². The van der Waals surface area contributed by atoms with E-state index in [1.807, 2.05) is 0 Å². The molecule has 0 saturated carbocycles. The Kier molecular flexibility index (Phi) is 2.27. The standard InChI is InChI=1S/C6H7F3O3/c7-6(8,9)4-3(5(10)11)1-2-12-4/h3-4H,1-2H2,(H,10,11)/t3-,4-/m0/s1. The SMILES string of the molecule is O=C(O)[C@H]1CCO[C@@H]1C(F)(F)F. The van der Waals surface area contributed by atoms with Gasteiger partial charge in [0.25, 0.3) is 0 Å². The largest absolute Gasteiger partial charge is 0.481 e. The molecule has 6 heteroatoms. The number of carboxylic acids is 1. The molecule has 1 N–H and O–H groups in total. The van der Waals surface area contributed by atoms with Crippen LogP contribution in [0.5, 0.6) is 0 Å². The molecule has 0 aliphatic carbocycles. The average molecular weight is 184 g/mol. The lowest BCUT2D eigenvalue weighted by molar-refractivity contribution is -0.219. The van der Waals surface area contributed by atoms with Gasteiger partial charge < -0.3 is 9.84 Å². The second-order valence-electron chi connectivity index (χ2n) is 2.57. The van der Waals surface area contributed by atoms with Crippen LogP contribution in [0, 0.1) is 5.92 Å². The quantitative estimate of drug-likeness (QED) is 0.662. The second kappa shape index (κ2) is 2.93. The molecule has 0 aromatic rings. The zero-order valence-corrected chi connectivity index (χ0v) is 5.97. The minimum absolute atomic E-state index is 0.0699. The predicted octanol–water partition coefficient (Wildman–Crippen LogP) is 1.04. The molecule has 0 aromatic heterocycles. The van der Waals surface area contributed by atoms with Crippen LogP contribution >= 0.6 is 0 Å². The van der Waals surface area contributed by atoms with Crippen molar-refractivity contribution in [2.45, 2.75) is 18.7 Å². The first-order valence-electron chi connectivity index (χ1n) is 3.34. The van der Waals surface area contributed by atoms with E-state index >= 15 is 0 Å². The highest BCUT2D eigenvalue weighted by Crippen LogP contribution is 2.34. The van der Waals surface area contributed by atoms with Crippen LogP contribution in [0.1, 0.15) is 6.42 Å². The van der Waals surface area contributed by atoms with Crippen LogP contribution in [-0.4, -0.2) is 30.0 Å². The van der Waals surface area contributed by atoms with Gasteiger partial charge in [0.2, 0.25) is 0 Å². The highest BCUT2D eigenvalue weighted by molar-refractivity contribution is 5.71. The number of ether oxygens (including phenoxy) is 1. The molecule has 0 spiro atoms. The van der Waals surface area contributed by atoms with E-state index in [9.17, 15) is 18.0 Å². The maximum Gasteiger partial charge on any atom is 0.415 e. The van der Waals surface area contributed by atoms with Crippen molar-refractivity contribution in [3.63, 3.8) is 0 Å². The van der Waals surface area contributed by atoms with Gasteiger partial charge in [0.1, 0.15) is 0 Å². The topological polar surface area (TPSA) is 46.5 Å². The summed E-state index contributed by atoms with van der Waals surface area (Å²) >= 11 is 0. The van der Waals surface area contributed by atoms with Crippen molar-refractivity contribution in [1.29, 1.82) is 0 Å². The third-order valence-electron chi connectivity index (χ3n) is 1.73. The Morgan fingerprint density at radius 2 is 2.08 bits per heavy atom. The van der Waals surface area contributed by atoms with E-state index in [-0.39, 0.29) is 13.0 Å². The summed E-state index contributed by atoms with van der Waals surface area (Å²) in [5.74, 6) is -2.89. The Hall–Kier alpha value is -0.780. The molecule has 1 aliphatic rings. The maximum absolute atomic E-state index is 12.0. The van der Waals surface area contributed by atoms with Crippen molar-refractivity contribution in [3.05, 3.63) is 0 Å². The Morgan fingerprint density at radius 3 is 2.42 bits per heavy atom. The summed E-state index contributed by atoms with van der Waals surface area (Å²) < 4.78 is 40.2. The summed E-state index contributed by atoms with van der Waals surface area (Å²) in [6.45, 7) is -0.138. The van der Waals surface area contributed by atoms with E-state index in [0.717, 1.165) is 0 Å². The fourth-order valence-corrected chi connectivity index (χ4v) is 1.17. The Morgan fingerprint density at radius 1 is 1.50 bits per heavy atom. The van der Waals surface area contributed by atoms with E-state index in [1.54, 1.807) is 0 Å². The van der Waals surface area contributed by atoms with E-state index in [2.05, 4.69) is 4.74 Å². The fraction of sp³-hybridized carbons (Fsp3) is 0.833. The van der Waals surface area contributed by atoms with Crippen molar-refractivity contribution < 1.29 is 27.8 Å². The van der Waals surface area contributed by atoms with E-state index in [0.29, 0.717) is 0 Å². The van der Waals surface area contributed by atoms with Gasteiger partial charge >= 0.3 is 12.1 Å². The number of carbonyl (C=O) groups is 1. The molecule has 0 amide bonds. The van der Waals surface area contributed by atoms with Gasteiger partial charge in [0.05, 0.1) is 5.92 Å². The van der Waals surface area contributed by atoms with Crippen LogP contribution in [0.25, 0.3) is 0 Å². The highest BCUT2D eigenvalue weighted by Gasteiger charge is 2.51. The molecule has 0 radical (unpaired) electrons. The normalized spacial score (nSPS) is 30.6. The van der Waals surface area contributed by atoms with Gasteiger partial charge in [-0.2, -0.15) is 13.2 Å². The molecule has 1 heterocycles. The van der Waals surface area contributed by atoms with E-state index < -0.39 is 24.2 Å². The third-order valence-corrected chi connectivity index (χ3v) is 1.73. The molecule has 1 aliphatic heterocycles. The molecule has 1 rings (SSSR count). The molecular formula is C6H7F3O3. The number of alkyl halides is 3. The van der Waals surface area contributed by atoms with Crippen molar-refractivity contribution in [2.75, 3.05) is 6.61 Å². The lowest BCUT2D eigenvalue weighted by Gasteiger charge is -2.17. The van der Waals surface area contributed by atoms with Crippen LogP contribution < -0.4 is 0 Å². The highest BCUT2D eigenvalue weighted by atomic mass is 19.4. The predicted molar refractivity (Wildman–Crippen MR) is 31.5 cm³/mol. The lowest BCUT2D eigenvalue weighted by Crippen LogP contribution is -2.37. The number of rotatable bonds is 1. The van der Waals surface area contributed by atoms with Gasteiger partial charge in [-0.25, -0.2) is 0 Å². The van der Waals surface area contributed by atoms with Gasteiger partial charge in [0.15, 0.2) is 6.10 Å². The van der Waals surface area contributed by atoms with Crippen LogP contribution in [0.2, 0.25) is 0 Å². The average Bonchev–Trinajstić information content (AvgIpc) is 2.30. The monoisotopic (exact) mass is 184 g/mol. The molecule has 1 fully saturated rings. The summed E-state index contributed by atoms with van der Waals surface area (Å²) in [7, 11) is 0. The number of aliphatic carboxylic acids is 1. The van der Waals surface area contributed by atoms with Crippen LogP contribution in [0.4, 0.5) is 13.2 Å². The maximum atomic E-state index is 12.0. The van der Waals surface area contributed by atoms with Gasteiger partial charge in [-0.15, -0.1) is 0 Å². The number of carboxylic acid groups (broad SMARTS) is 1. The van der Waals surface area contributed by atoms with Gasteiger partial charge in [-0.05, 0) is 6.42 Å². The zero-order chi connectivity index (χ0) is 9.35. The fourth-order valence-electron chi connectivity index (χ4n) is 1.17. The van der Waals surface area contributed by atoms with Crippen LogP contribution in [-0.2, 0) is 9.53 Å². The summed E-state index contributed by atoms with van der Waals surface area (Å²) in [6.07, 6.45) is -6.77. The van der Waals surface area contributed by atoms with Crippen molar-refractivity contribution in [2.24, 2.45) is 5.92 Å². The summed E-state index contributed by atoms with van der Waals surface area (Å²) in [4.78, 5) is 10.3. The van der Waals surface area contributed by atoms with Crippen molar-refractivity contribution in [3.8, 4) is 0 Å². The third kappa shape index (κ3) is 1.69. The van der Waals surface area contributed by atoms with E-state index in [4.69, 9.17) is 5.11 Å². The minimum Gasteiger partial charge on any atom is -0.481 e. The lowest BCUT2D eigenvalue weighted by atomic mass is 10.0. The van der Waals surface area contributed by atoms with E-state index in [1.165, 1.54) is 0 Å². The molecule has 70 valence electrons. The minimum atomic E-state index is -4.57. The second-order valence-corrected chi connectivity index (χ2v) is 2.57. The molecule has 3 nitrogen and oxygen atoms in total. The Labute approximate surface area is 66.1 Å². The van der Waals surface area contributed by atoms with Crippen molar-refractivity contribution >= 4 is 5.97 Å². The van der Waals surface area contributed by atoms with Crippen LogP contribution in [0.15, 0.2) is 0 Å². The summed E-state index contributed by atoms with van der Waals surface area (Å²) in [5.41, 5.74) is 0. The molecule has 1 saturated heterocycles. The molecular weight excluding hydrogens is 177 g/mol. The molecule has 0 unspecified atom stereocenters. The molecule has 12 heavy (non-hydrogen) atoms. The van der Waals surface area contributed by atoms with Gasteiger partial charge in [-0.1, -0.05) is 0 Å². The first-order valence-corrected chi connectivity index (χ1v) is 3.34. The van der Waals surface area contributed by atoms with Gasteiger partial charge in [0, 0.05) is 6.61 Å². The summed E-state index contributed by atoms with van der Waals surface area (Å²) in [6, 6.07) is 0. The number of hydrogen-bond donors (Lipinski definition) is 1. The number of halogens is 3. The first kappa shape index (κ1) is 9.31. The smallest absolute Gasteiger partial charge is 0.415 e.